The summed E-state index contributed by atoms with van der Waals surface area (Å²) in [5.41, 5.74) is 3.86. The van der Waals surface area contributed by atoms with E-state index in [1.54, 1.807) is 12.1 Å². The first kappa shape index (κ1) is 21.5. The summed E-state index contributed by atoms with van der Waals surface area (Å²) >= 11 is 0. The van der Waals surface area contributed by atoms with Crippen LogP contribution in [-0.2, 0) is 14.8 Å². The number of rotatable bonds is 7. The molecule has 3 rings (SSSR count). The molecule has 156 valence electrons. The van der Waals surface area contributed by atoms with Crippen LogP contribution in [-0.4, -0.2) is 51.4 Å². The lowest BCUT2D eigenvalue weighted by atomic mass is 9.97. The maximum atomic E-state index is 12.7. The van der Waals surface area contributed by atoms with E-state index in [1.165, 1.54) is 27.6 Å². The van der Waals surface area contributed by atoms with Crippen LogP contribution in [0.1, 0.15) is 41.3 Å². The zero-order valence-electron chi connectivity index (χ0n) is 17.1. The second-order valence-corrected chi connectivity index (χ2v) is 9.48. The van der Waals surface area contributed by atoms with Crippen LogP contribution in [0, 0.1) is 6.92 Å². The quantitative estimate of drug-likeness (QED) is 0.700. The van der Waals surface area contributed by atoms with Crippen molar-refractivity contribution in [1.29, 1.82) is 0 Å². The van der Waals surface area contributed by atoms with Crippen LogP contribution in [0.3, 0.4) is 0 Å². The maximum absolute atomic E-state index is 12.7. The molecule has 0 amide bonds. The molecule has 0 atom stereocenters. The topological polar surface area (TPSA) is 75.7 Å². The number of ether oxygens (including phenoxy) is 1. The van der Waals surface area contributed by atoms with E-state index in [0.717, 1.165) is 5.69 Å². The zero-order chi connectivity index (χ0) is 21.0. The summed E-state index contributed by atoms with van der Waals surface area (Å²) in [5, 5.41) is 3.16. The molecule has 0 aliphatic carbocycles. The molecule has 0 spiro atoms. The van der Waals surface area contributed by atoms with Gasteiger partial charge in [0.25, 0.3) is 0 Å². The van der Waals surface area contributed by atoms with E-state index in [9.17, 15) is 13.2 Å². The highest BCUT2D eigenvalue weighted by Crippen LogP contribution is 2.22. The average molecular weight is 417 g/mol. The van der Waals surface area contributed by atoms with Crippen molar-refractivity contribution in [3.8, 4) is 0 Å². The van der Waals surface area contributed by atoms with E-state index in [0.29, 0.717) is 37.8 Å². The van der Waals surface area contributed by atoms with E-state index < -0.39 is 10.0 Å². The Kier molecular flexibility index (Phi) is 6.72. The Bertz CT molecular complexity index is 963. The van der Waals surface area contributed by atoms with Gasteiger partial charge in [0.2, 0.25) is 10.0 Å². The number of benzene rings is 2. The zero-order valence-corrected chi connectivity index (χ0v) is 18.0. The second kappa shape index (κ2) is 9.07. The number of hydrogen-bond acceptors (Lipinski definition) is 5. The lowest BCUT2D eigenvalue weighted by Gasteiger charge is -2.26. The van der Waals surface area contributed by atoms with Crippen molar-refractivity contribution < 1.29 is 17.9 Å². The van der Waals surface area contributed by atoms with Gasteiger partial charge in [-0.1, -0.05) is 19.9 Å². The number of hydrogen-bond donors (Lipinski definition) is 1. The molecule has 29 heavy (non-hydrogen) atoms. The number of aryl methyl sites for hydroxylation is 1. The van der Waals surface area contributed by atoms with Crippen LogP contribution < -0.4 is 5.32 Å². The SMILES string of the molecule is Cc1cc(NCC(=O)c2ccc(S(=O)(=O)N3CCOCC3)cc2)ccc1C(C)C. The summed E-state index contributed by atoms with van der Waals surface area (Å²) in [7, 11) is -3.55. The average Bonchev–Trinajstić information content (AvgIpc) is 2.72. The predicted molar refractivity (Wildman–Crippen MR) is 114 cm³/mol. The van der Waals surface area contributed by atoms with Crippen LogP contribution in [0.2, 0.25) is 0 Å². The number of nitrogens with zero attached hydrogens (tertiary/aromatic N) is 1. The van der Waals surface area contributed by atoms with Crippen LogP contribution in [0.25, 0.3) is 0 Å². The van der Waals surface area contributed by atoms with Gasteiger partial charge < -0.3 is 10.1 Å². The number of carbonyl (C=O) groups is 1. The molecule has 1 N–H and O–H groups in total. The minimum Gasteiger partial charge on any atom is -0.379 e. The summed E-state index contributed by atoms with van der Waals surface area (Å²) < 4.78 is 31.9. The van der Waals surface area contributed by atoms with Gasteiger partial charge in [0.15, 0.2) is 5.78 Å². The fourth-order valence-corrected chi connectivity index (χ4v) is 4.87. The van der Waals surface area contributed by atoms with Crippen molar-refractivity contribution in [3.05, 3.63) is 59.2 Å². The van der Waals surface area contributed by atoms with Crippen molar-refractivity contribution in [2.24, 2.45) is 0 Å². The van der Waals surface area contributed by atoms with Crippen molar-refractivity contribution >= 4 is 21.5 Å². The number of anilines is 1. The highest BCUT2D eigenvalue weighted by atomic mass is 32.2. The molecule has 1 saturated heterocycles. The lowest BCUT2D eigenvalue weighted by molar-refractivity contribution is 0.0730. The number of Topliss-reactive ketones (excluding diaryl/α,β-unsaturated/α-hetero) is 1. The van der Waals surface area contributed by atoms with Gasteiger partial charge in [-0.3, -0.25) is 4.79 Å². The standard InChI is InChI=1S/C22H28N2O4S/c1-16(2)21-9-6-19(14-17(21)3)23-15-22(25)18-4-7-20(8-5-18)29(26,27)24-10-12-28-13-11-24/h4-9,14,16,23H,10-13,15H2,1-3H3. The molecule has 1 fully saturated rings. The third kappa shape index (κ3) is 5.04. The third-order valence-corrected chi connectivity index (χ3v) is 7.04. The molecule has 1 aliphatic rings. The van der Waals surface area contributed by atoms with E-state index in [1.807, 2.05) is 12.1 Å². The van der Waals surface area contributed by atoms with Gasteiger partial charge in [0.1, 0.15) is 0 Å². The Morgan fingerprint density at radius 3 is 2.34 bits per heavy atom. The first-order chi connectivity index (χ1) is 13.8. The minimum atomic E-state index is -3.55. The fraction of sp³-hybridized carbons (Fsp3) is 0.409. The molecule has 0 radical (unpaired) electrons. The number of ketones is 1. The van der Waals surface area contributed by atoms with Crippen molar-refractivity contribution in [3.63, 3.8) is 0 Å². The molecule has 6 nitrogen and oxygen atoms in total. The van der Waals surface area contributed by atoms with Crippen LogP contribution in [0.4, 0.5) is 5.69 Å². The van der Waals surface area contributed by atoms with Gasteiger partial charge >= 0.3 is 0 Å². The number of nitrogens with one attached hydrogen (secondary N) is 1. The Hall–Kier alpha value is -2.22. The second-order valence-electron chi connectivity index (χ2n) is 7.54. The van der Waals surface area contributed by atoms with Crippen molar-refractivity contribution in [1.82, 2.24) is 4.31 Å². The fourth-order valence-electron chi connectivity index (χ4n) is 3.47. The molecule has 0 saturated carbocycles. The van der Waals surface area contributed by atoms with Gasteiger partial charge in [-0.25, -0.2) is 8.42 Å². The Labute approximate surface area is 172 Å². The van der Waals surface area contributed by atoms with Crippen LogP contribution in [0.5, 0.6) is 0 Å². The summed E-state index contributed by atoms with van der Waals surface area (Å²) in [6.07, 6.45) is 0. The Morgan fingerprint density at radius 2 is 1.76 bits per heavy atom. The molecule has 2 aromatic carbocycles. The third-order valence-electron chi connectivity index (χ3n) is 5.13. The smallest absolute Gasteiger partial charge is 0.243 e. The molecule has 1 aliphatic heterocycles. The summed E-state index contributed by atoms with van der Waals surface area (Å²) in [6.45, 7) is 8.03. The van der Waals surface area contributed by atoms with Gasteiger partial charge in [-0.15, -0.1) is 0 Å². The number of carbonyl (C=O) groups excluding carboxylic acids is 1. The Morgan fingerprint density at radius 1 is 1.10 bits per heavy atom. The Balaban J connectivity index is 1.64. The van der Waals surface area contributed by atoms with E-state index in [-0.39, 0.29) is 17.2 Å². The van der Waals surface area contributed by atoms with Gasteiger partial charge in [0, 0.05) is 24.3 Å². The largest absolute Gasteiger partial charge is 0.379 e. The number of sulfonamides is 1. The maximum Gasteiger partial charge on any atom is 0.243 e. The van der Waals surface area contributed by atoms with E-state index in [2.05, 4.69) is 32.2 Å². The first-order valence-corrected chi connectivity index (χ1v) is 11.3. The normalized spacial score (nSPS) is 15.4. The van der Waals surface area contributed by atoms with Gasteiger partial charge in [0.05, 0.1) is 24.7 Å². The predicted octanol–water partition coefficient (Wildman–Crippen LogP) is 3.43. The minimum absolute atomic E-state index is 0.0918. The number of morpholine rings is 1. The molecule has 0 aromatic heterocycles. The molecular weight excluding hydrogens is 388 g/mol. The summed E-state index contributed by atoms with van der Waals surface area (Å²) in [5.74, 6) is 0.365. The first-order valence-electron chi connectivity index (χ1n) is 9.84. The van der Waals surface area contributed by atoms with Crippen molar-refractivity contribution in [2.75, 3.05) is 38.2 Å². The van der Waals surface area contributed by atoms with E-state index in [4.69, 9.17) is 4.74 Å². The summed E-state index contributed by atoms with van der Waals surface area (Å²) in [6, 6.07) is 12.3. The molecule has 0 unspecified atom stereocenters. The molecular formula is C22H28N2O4S. The van der Waals surface area contributed by atoms with Crippen molar-refractivity contribution in [2.45, 2.75) is 31.6 Å². The highest BCUT2D eigenvalue weighted by molar-refractivity contribution is 7.89. The monoisotopic (exact) mass is 416 g/mol. The molecule has 0 bridgehead atoms. The van der Waals surface area contributed by atoms with Gasteiger partial charge in [-0.05, 0) is 60.4 Å². The molecule has 2 aromatic rings. The summed E-state index contributed by atoms with van der Waals surface area (Å²) in [4.78, 5) is 12.7. The van der Waals surface area contributed by atoms with Crippen LogP contribution in [0.15, 0.2) is 47.4 Å². The lowest BCUT2D eigenvalue weighted by Crippen LogP contribution is -2.40. The van der Waals surface area contributed by atoms with E-state index >= 15 is 0 Å². The highest BCUT2D eigenvalue weighted by Gasteiger charge is 2.26. The van der Waals surface area contributed by atoms with Gasteiger partial charge in [-0.2, -0.15) is 4.31 Å². The molecule has 1 heterocycles. The van der Waals surface area contributed by atoms with Crippen LogP contribution >= 0.6 is 0 Å². The molecule has 7 heteroatoms.